The summed E-state index contributed by atoms with van der Waals surface area (Å²) in [6.45, 7) is 0.596. The van der Waals surface area contributed by atoms with Crippen LogP contribution in [0.5, 0.6) is 6.01 Å². The van der Waals surface area contributed by atoms with Gasteiger partial charge in [0.1, 0.15) is 12.9 Å². The van der Waals surface area contributed by atoms with E-state index in [1.165, 1.54) is 6.33 Å². The number of hydrogen-bond donors (Lipinski definition) is 0. The molecule has 2 rings (SSSR count). The summed E-state index contributed by atoms with van der Waals surface area (Å²) in [7, 11) is 0. The van der Waals surface area contributed by atoms with Crippen LogP contribution in [0.4, 0.5) is 0 Å². The SMILES string of the molecule is C1=Cn2ncnc2OC1. The molecule has 0 spiro atoms. The fraction of sp³-hybridized carbons (Fsp3) is 0.200. The van der Waals surface area contributed by atoms with Crippen molar-refractivity contribution < 1.29 is 4.74 Å². The minimum atomic E-state index is 0.567. The van der Waals surface area contributed by atoms with Crippen molar-refractivity contribution in [2.45, 2.75) is 0 Å². The summed E-state index contributed by atoms with van der Waals surface area (Å²) < 4.78 is 6.65. The molecule has 1 aliphatic heterocycles. The average molecular weight is 123 g/mol. The second-order valence-electron chi connectivity index (χ2n) is 1.68. The third-order valence-electron chi connectivity index (χ3n) is 1.10. The molecular formula is C5H5N3O. The predicted octanol–water partition coefficient (Wildman–Crippen LogP) is 0.141. The molecule has 0 amide bonds. The molecule has 0 atom stereocenters. The standard InChI is InChI=1S/C5H5N3O/c1-2-8-5(9-3-1)6-4-7-8/h1-2,4H,3H2. The third kappa shape index (κ3) is 0.595. The summed E-state index contributed by atoms with van der Waals surface area (Å²) in [6, 6.07) is 0.567. The Labute approximate surface area is 51.8 Å². The van der Waals surface area contributed by atoms with Crippen LogP contribution in [0, 0.1) is 0 Å². The summed E-state index contributed by atoms with van der Waals surface area (Å²) in [5.41, 5.74) is 0. The van der Waals surface area contributed by atoms with E-state index in [1.54, 1.807) is 4.68 Å². The van der Waals surface area contributed by atoms with Crippen molar-refractivity contribution in [1.82, 2.24) is 14.8 Å². The van der Waals surface area contributed by atoms with Crippen molar-refractivity contribution in [3.05, 3.63) is 12.4 Å². The lowest BCUT2D eigenvalue weighted by atomic mass is 10.6. The molecule has 0 saturated carbocycles. The Bertz CT molecular complexity index is 240. The molecule has 1 aromatic heterocycles. The smallest absolute Gasteiger partial charge is 0.319 e. The molecule has 0 aliphatic carbocycles. The molecule has 0 unspecified atom stereocenters. The first kappa shape index (κ1) is 4.55. The highest BCUT2D eigenvalue weighted by Gasteiger charge is 2.03. The summed E-state index contributed by atoms with van der Waals surface area (Å²) in [5.74, 6) is 0. The normalized spacial score (nSPS) is 14.7. The van der Waals surface area contributed by atoms with E-state index in [0.29, 0.717) is 12.6 Å². The maximum atomic E-state index is 5.07. The fourth-order valence-electron chi connectivity index (χ4n) is 0.711. The van der Waals surface area contributed by atoms with E-state index in [4.69, 9.17) is 4.74 Å². The summed E-state index contributed by atoms with van der Waals surface area (Å²) in [5, 5.41) is 3.85. The lowest BCUT2D eigenvalue weighted by Crippen LogP contribution is -2.05. The lowest BCUT2D eigenvalue weighted by molar-refractivity contribution is 0.318. The maximum Gasteiger partial charge on any atom is 0.319 e. The van der Waals surface area contributed by atoms with Gasteiger partial charge in [0.25, 0.3) is 0 Å². The van der Waals surface area contributed by atoms with Gasteiger partial charge in [-0.1, -0.05) is 0 Å². The molecule has 0 bridgehead atoms. The highest BCUT2D eigenvalue weighted by Crippen LogP contribution is 2.07. The Morgan fingerprint density at radius 1 is 1.67 bits per heavy atom. The molecule has 46 valence electrons. The van der Waals surface area contributed by atoms with Gasteiger partial charge in [-0.3, -0.25) is 0 Å². The van der Waals surface area contributed by atoms with Gasteiger partial charge in [-0.2, -0.15) is 14.8 Å². The number of rotatable bonds is 0. The van der Waals surface area contributed by atoms with E-state index in [-0.39, 0.29) is 0 Å². The van der Waals surface area contributed by atoms with Gasteiger partial charge in [0.15, 0.2) is 0 Å². The zero-order valence-electron chi connectivity index (χ0n) is 4.69. The number of fused-ring (bicyclic) bond motifs is 1. The Balaban J connectivity index is 2.53. The Kier molecular flexibility index (Phi) is 0.798. The molecule has 9 heavy (non-hydrogen) atoms. The minimum Gasteiger partial charge on any atom is -0.459 e. The zero-order valence-corrected chi connectivity index (χ0v) is 4.69. The minimum absolute atomic E-state index is 0.567. The van der Waals surface area contributed by atoms with Crippen LogP contribution in [0.15, 0.2) is 12.4 Å². The van der Waals surface area contributed by atoms with E-state index >= 15 is 0 Å². The second kappa shape index (κ2) is 1.58. The lowest BCUT2D eigenvalue weighted by Gasteiger charge is -2.04. The highest BCUT2D eigenvalue weighted by atomic mass is 16.5. The van der Waals surface area contributed by atoms with Crippen molar-refractivity contribution >= 4 is 6.20 Å². The van der Waals surface area contributed by atoms with Gasteiger partial charge in [-0.15, -0.1) is 0 Å². The fourth-order valence-corrected chi connectivity index (χ4v) is 0.711. The molecule has 0 N–H and O–H groups in total. The molecular weight excluding hydrogens is 118 g/mol. The van der Waals surface area contributed by atoms with Gasteiger partial charge in [-0.05, 0) is 6.08 Å². The van der Waals surface area contributed by atoms with E-state index < -0.39 is 0 Å². The Morgan fingerprint density at radius 2 is 2.67 bits per heavy atom. The topological polar surface area (TPSA) is 39.9 Å². The molecule has 0 saturated heterocycles. The van der Waals surface area contributed by atoms with E-state index in [9.17, 15) is 0 Å². The van der Waals surface area contributed by atoms with Crippen LogP contribution in [-0.4, -0.2) is 21.4 Å². The van der Waals surface area contributed by atoms with Crippen LogP contribution in [0.25, 0.3) is 6.20 Å². The summed E-state index contributed by atoms with van der Waals surface area (Å²) in [6.07, 6.45) is 5.17. The molecule has 2 heterocycles. The molecule has 4 heteroatoms. The Hall–Kier alpha value is -1.32. The van der Waals surface area contributed by atoms with Crippen LogP contribution in [0.2, 0.25) is 0 Å². The third-order valence-corrected chi connectivity index (χ3v) is 1.10. The van der Waals surface area contributed by atoms with E-state index in [1.807, 2.05) is 12.3 Å². The quantitative estimate of drug-likeness (QED) is 0.492. The summed E-state index contributed by atoms with van der Waals surface area (Å²) >= 11 is 0. The zero-order chi connectivity index (χ0) is 6.10. The monoisotopic (exact) mass is 123 g/mol. The second-order valence-corrected chi connectivity index (χ2v) is 1.68. The molecule has 1 aliphatic rings. The molecule has 0 aromatic carbocycles. The number of ether oxygens (including phenoxy) is 1. The maximum absolute atomic E-state index is 5.07. The largest absolute Gasteiger partial charge is 0.459 e. The van der Waals surface area contributed by atoms with Gasteiger partial charge < -0.3 is 4.74 Å². The molecule has 1 aromatic rings. The van der Waals surface area contributed by atoms with Crippen molar-refractivity contribution in [3.63, 3.8) is 0 Å². The first-order chi connectivity index (χ1) is 4.47. The number of hydrogen-bond acceptors (Lipinski definition) is 3. The Morgan fingerprint density at radius 3 is 3.56 bits per heavy atom. The van der Waals surface area contributed by atoms with Gasteiger partial charge in [0, 0.05) is 6.20 Å². The molecule has 0 radical (unpaired) electrons. The van der Waals surface area contributed by atoms with E-state index in [0.717, 1.165) is 0 Å². The predicted molar refractivity (Wildman–Crippen MR) is 30.8 cm³/mol. The average Bonchev–Trinajstić information content (AvgIpc) is 2.33. The number of nitrogens with zero attached hydrogens (tertiary/aromatic N) is 3. The van der Waals surface area contributed by atoms with Crippen molar-refractivity contribution in [1.29, 1.82) is 0 Å². The van der Waals surface area contributed by atoms with Crippen molar-refractivity contribution in [2.24, 2.45) is 0 Å². The van der Waals surface area contributed by atoms with E-state index in [2.05, 4.69) is 10.1 Å². The van der Waals surface area contributed by atoms with Gasteiger partial charge in [0.2, 0.25) is 0 Å². The molecule has 0 fully saturated rings. The molecule has 4 nitrogen and oxygen atoms in total. The van der Waals surface area contributed by atoms with Crippen molar-refractivity contribution in [2.75, 3.05) is 6.61 Å². The van der Waals surface area contributed by atoms with Gasteiger partial charge in [0.05, 0.1) is 0 Å². The first-order valence-corrected chi connectivity index (χ1v) is 2.66. The van der Waals surface area contributed by atoms with Crippen LogP contribution < -0.4 is 4.74 Å². The van der Waals surface area contributed by atoms with Crippen LogP contribution in [0.3, 0.4) is 0 Å². The van der Waals surface area contributed by atoms with Crippen LogP contribution in [0.1, 0.15) is 0 Å². The van der Waals surface area contributed by atoms with Gasteiger partial charge in [-0.25, -0.2) is 0 Å². The highest BCUT2D eigenvalue weighted by molar-refractivity contribution is 5.26. The number of aromatic nitrogens is 3. The van der Waals surface area contributed by atoms with Gasteiger partial charge >= 0.3 is 6.01 Å². The van der Waals surface area contributed by atoms with Crippen molar-refractivity contribution in [3.8, 4) is 6.01 Å². The van der Waals surface area contributed by atoms with Crippen LogP contribution >= 0.6 is 0 Å². The van der Waals surface area contributed by atoms with Crippen LogP contribution in [-0.2, 0) is 0 Å². The summed E-state index contributed by atoms with van der Waals surface area (Å²) in [4.78, 5) is 3.84. The first-order valence-electron chi connectivity index (χ1n) is 2.66.